The van der Waals surface area contributed by atoms with Crippen molar-refractivity contribution in [2.24, 2.45) is 5.92 Å². The molecule has 1 rings (SSSR count). The van der Waals surface area contributed by atoms with Crippen molar-refractivity contribution in [1.82, 2.24) is 10.2 Å². The number of hydrogen-bond donors (Lipinski definition) is 1. The summed E-state index contributed by atoms with van der Waals surface area (Å²) in [4.78, 5) is 2.25. The fourth-order valence-electron chi connectivity index (χ4n) is 2.01. The van der Waals surface area contributed by atoms with Crippen molar-refractivity contribution < 1.29 is 4.39 Å². The van der Waals surface area contributed by atoms with Crippen LogP contribution in [0.4, 0.5) is 4.39 Å². The fourth-order valence-corrected chi connectivity index (χ4v) is 2.01. The molecule has 19 heavy (non-hydrogen) atoms. The summed E-state index contributed by atoms with van der Waals surface area (Å²) in [7, 11) is 2.10. The Morgan fingerprint density at radius 2 is 1.84 bits per heavy atom. The monoisotopic (exact) mass is 266 g/mol. The third-order valence-electron chi connectivity index (χ3n) is 3.17. The molecule has 0 aliphatic heterocycles. The first-order chi connectivity index (χ1) is 9.08. The highest BCUT2D eigenvalue weighted by molar-refractivity contribution is 5.15. The molecule has 0 aliphatic carbocycles. The highest BCUT2D eigenvalue weighted by Gasteiger charge is 2.00. The predicted molar refractivity (Wildman–Crippen MR) is 79.7 cm³/mol. The minimum absolute atomic E-state index is 0.168. The van der Waals surface area contributed by atoms with E-state index >= 15 is 0 Å². The first-order valence-corrected chi connectivity index (χ1v) is 7.21. The minimum atomic E-state index is -0.168. The summed E-state index contributed by atoms with van der Waals surface area (Å²) in [5.74, 6) is 0.626. The zero-order valence-corrected chi connectivity index (χ0v) is 12.5. The van der Waals surface area contributed by atoms with E-state index in [-0.39, 0.29) is 5.82 Å². The number of nitrogens with zero attached hydrogens (tertiary/aromatic N) is 1. The van der Waals surface area contributed by atoms with Gasteiger partial charge in [-0.2, -0.15) is 0 Å². The van der Waals surface area contributed by atoms with E-state index in [1.165, 1.54) is 25.0 Å². The summed E-state index contributed by atoms with van der Waals surface area (Å²) >= 11 is 0. The van der Waals surface area contributed by atoms with Crippen LogP contribution in [0.25, 0.3) is 0 Å². The highest BCUT2D eigenvalue weighted by atomic mass is 19.1. The molecule has 3 heteroatoms. The summed E-state index contributed by atoms with van der Waals surface area (Å²) in [6.45, 7) is 8.51. The zero-order chi connectivity index (χ0) is 14.1. The highest BCUT2D eigenvalue weighted by Crippen LogP contribution is 2.05. The number of hydrogen-bond acceptors (Lipinski definition) is 2. The molecule has 2 nitrogen and oxygen atoms in total. The van der Waals surface area contributed by atoms with Crippen molar-refractivity contribution >= 4 is 0 Å². The number of benzene rings is 1. The molecule has 0 aliphatic rings. The van der Waals surface area contributed by atoms with Crippen molar-refractivity contribution in [2.75, 3.05) is 26.7 Å². The Hall–Kier alpha value is -0.930. The van der Waals surface area contributed by atoms with Gasteiger partial charge in [-0.3, -0.25) is 0 Å². The Kier molecular flexibility index (Phi) is 7.68. The third-order valence-corrected chi connectivity index (χ3v) is 3.17. The SMILES string of the molecule is CC(C)CCCNCCN(C)Cc1ccc(F)cc1. The molecule has 0 amide bonds. The van der Waals surface area contributed by atoms with Gasteiger partial charge in [0.05, 0.1) is 0 Å². The maximum absolute atomic E-state index is 12.8. The van der Waals surface area contributed by atoms with Gasteiger partial charge >= 0.3 is 0 Å². The molecule has 0 spiro atoms. The van der Waals surface area contributed by atoms with E-state index in [9.17, 15) is 4.39 Å². The lowest BCUT2D eigenvalue weighted by Gasteiger charge is -2.17. The molecule has 0 aromatic heterocycles. The molecule has 1 aromatic rings. The Morgan fingerprint density at radius 1 is 1.16 bits per heavy atom. The van der Waals surface area contributed by atoms with Crippen molar-refractivity contribution in [3.63, 3.8) is 0 Å². The quantitative estimate of drug-likeness (QED) is 0.690. The molecule has 0 bridgehead atoms. The fraction of sp³-hybridized carbons (Fsp3) is 0.625. The van der Waals surface area contributed by atoms with E-state index in [1.54, 1.807) is 0 Å². The Morgan fingerprint density at radius 3 is 2.47 bits per heavy atom. The van der Waals surface area contributed by atoms with Gasteiger partial charge in [-0.05, 0) is 50.0 Å². The average Bonchev–Trinajstić information content (AvgIpc) is 2.36. The third kappa shape index (κ3) is 7.96. The first-order valence-electron chi connectivity index (χ1n) is 7.21. The van der Waals surface area contributed by atoms with Crippen molar-refractivity contribution in [1.29, 1.82) is 0 Å². The van der Waals surface area contributed by atoms with Crippen LogP contribution in [0.2, 0.25) is 0 Å². The van der Waals surface area contributed by atoms with Gasteiger partial charge in [0.15, 0.2) is 0 Å². The second kappa shape index (κ2) is 9.05. The van der Waals surface area contributed by atoms with Crippen LogP contribution in [0, 0.1) is 11.7 Å². The van der Waals surface area contributed by atoms with Crippen LogP contribution in [0.5, 0.6) is 0 Å². The largest absolute Gasteiger partial charge is 0.315 e. The smallest absolute Gasteiger partial charge is 0.123 e. The molecule has 0 saturated heterocycles. The zero-order valence-electron chi connectivity index (χ0n) is 12.5. The lowest BCUT2D eigenvalue weighted by Crippen LogP contribution is -2.29. The van der Waals surface area contributed by atoms with Crippen LogP contribution in [-0.2, 0) is 6.54 Å². The van der Waals surface area contributed by atoms with Crippen LogP contribution in [-0.4, -0.2) is 31.6 Å². The van der Waals surface area contributed by atoms with Crippen LogP contribution in [0.3, 0.4) is 0 Å². The van der Waals surface area contributed by atoms with Crippen molar-refractivity contribution in [3.8, 4) is 0 Å². The topological polar surface area (TPSA) is 15.3 Å². The normalized spacial score (nSPS) is 11.5. The van der Waals surface area contributed by atoms with Gasteiger partial charge in [-0.1, -0.05) is 26.0 Å². The molecule has 1 aromatic carbocycles. The standard InChI is InChI=1S/C16H27FN2/c1-14(2)5-4-10-18-11-12-19(3)13-15-6-8-16(17)9-7-15/h6-9,14,18H,4-5,10-13H2,1-3H3. The van der Waals surface area contributed by atoms with E-state index in [0.717, 1.165) is 37.7 Å². The number of rotatable bonds is 9. The van der Waals surface area contributed by atoms with Crippen LogP contribution >= 0.6 is 0 Å². The first kappa shape index (κ1) is 16.1. The molecular formula is C16H27FN2. The molecule has 108 valence electrons. The summed E-state index contributed by atoms with van der Waals surface area (Å²) in [5, 5.41) is 3.46. The van der Waals surface area contributed by atoms with Crippen LogP contribution in [0.15, 0.2) is 24.3 Å². The molecule has 0 heterocycles. The minimum Gasteiger partial charge on any atom is -0.315 e. The molecule has 1 N–H and O–H groups in total. The van der Waals surface area contributed by atoms with E-state index in [0.29, 0.717) is 0 Å². The maximum Gasteiger partial charge on any atom is 0.123 e. The van der Waals surface area contributed by atoms with E-state index in [1.807, 2.05) is 12.1 Å². The van der Waals surface area contributed by atoms with E-state index in [4.69, 9.17) is 0 Å². The lowest BCUT2D eigenvalue weighted by atomic mass is 10.1. The number of nitrogens with one attached hydrogen (secondary N) is 1. The molecule has 0 fully saturated rings. The molecule has 0 saturated carbocycles. The summed E-state index contributed by atoms with van der Waals surface area (Å²) in [6.07, 6.45) is 2.54. The predicted octanol–water partition coefficient (Wildman–Crippen LogP) is 3.28. The van der Waals surface area contributed by atoms with Crippen molar-refractivity contribution in [2.45, 2.75) is 33.2 Å². The molecular weight excluding hydrogens is 239 g/mol. The van der Waals surface area contributed by atoms with Crippen molar-refractivity contribution in [3.05, 3.63) is 35.6 Å². The average molecular weight is 266 g/mol. The van der Waals surface area contributed by atoms with E-state index in [2.05, 4.69) is 31.1 Å². The van der Waals surface area contributed by atoms with Gasteiger partial charge in [0, 0.05) is 19.6 Å². The van der Waals surface area contributed by atoms with Crippen LogP contribution < -0.4 is 5.32 Å². The summed E-state index contributed by atoms with van der Waals surface area (Å²) < 4.78 is 12.8. The maximum atomic E-state index is 12.8. The van der Waals surface area contributed by atoms with Gasteiger partial charge in [0.25, 0.3) is 0 Å². The second-order valence-electron chi connectivity index (χ2n) is 5.65. The van der Waals surface area contributed by atoms with E-state index < -0.39 is 0 Å². The second-order valence-corrected chi connectivity index (χ2v) is 5.65. The Labute approximate surface area is 117 Å². The summed E-state index contributed by atoms with van der Waals surface area (Å²) in [5.41, 5.74) is 1.16. The van der Waals surface area contributed by atoms with Gasteiger partial charge in [-0.15, -0.1) is 0 Å². The Balaban J connectivity index is 2.08. The van der Waals surface area contributed by atoms with Gasteiger partial charge < -0.3 is 10.2 Å². The Bertz CT molecular complexity index is 335. The molecule has 0 atom stereocenters. The van der Waals surface area contributed by atoms with Gasteiger partial charge in [0.1, 0.15) is 5.82 Å². The molecule has 0 radical (unpaired) electrons. The molecule has 0 unspecified atom stereocenters. The lowest BCUT2D eigenvalue weighted by molar-refractivity contribution is 0.323. The summed E-state index contributed by atoms with van der Waals surface area (Å²) in [6, 6.07) is 6.74. The van der Waals surface area contributed by atoms with Gasteiger partial charge in [0.2, 0.25) is 0 Å². The number of likely N-dealkylation sites (N-methyl/N-ethyl adjacent to an activating group) is 1. The number of halogens is 1. The van der Waals surface area contributed by atoms with Gasteiger partial charge in [-0.25, -0.2) is 4.39 Å². The van der Waals surface area contributed by atoms with Crippen LogP contribution in [0.1, 0.15) is 32.3 Å².